The van der Waals surface area contributed by atoms with E-state index in [0.29, 0.717) is 18.7 Å². The molecule has 2 unspecified atom stereocenters. The second-order valence-corrected chi connectivity index (χ2v) is 4.51. The topological polar surface area (TPSA) is 44.7 Å². The van der Waals surface area contributed by atoms with Crippen molar-refractivity contribution in [3.8, 4) is 0 Å². The fourth-order valence-corrected chi connectivity index (χ4v) is 2.40. The number of nitrogens with zero attached hydrogens (tertiary/aromatic N) is 1. The Morgan fingerprint density at radius 3 is 2.94 bits per heavy atom. The van der Waals surface area contributed by atoms with Gasteiger partial charge in [0, 0.05) is 18.6 Å². The Balaban J connectivity index is 2.29. The Hall–Kier alpha value is -0.160. The molecule has 0 aliphatic carbocycles. The molecule has 0 saturated carbocycles. The largest absolute Gasteiger partial charge is 0.394 e. The van der Waals surface area contributed by atoms with E-state index >= 15 is 0 Å². The van der Waals surface area contributed by atoms with E-state index in [2.05, 4.69) is 17.1 Å². The minimum Gasteiger partial charge on any atom is -0.394 e. The van der Waals surface area contributed by atoms with Crippen molar-refractivity contribution in [2.45, 2.75) is 38.3 Å². The average molecular weight is 230 g/mol. The molecule has 4 heteroatoms. The summed E-state index contributed by atoms with van der Waals surface area (Å²) in [6.45, 7) is 5.72. The maximum atomic E-state index is 8.63. The van der Waals surface area contributed by atoms with Crippen molar-refractivity contribution < 1.29 is 9.84 Å². The standard InChI is InChI=1S/C12H26N2O2/c1-11(13-2)12-5-3-4-6-14(12)7-9-16-10-8-15/h11-13,15H,3-10H2,1-2H3. The molecular formula is C12H26N2O2. The molecule has 0 bridgehead atoms. The van der Waals surface area contributed by atoms with Crippen LogP contribution in [0.3, 0.4) is 0 Å². The van der Waals surface area contributed by atoms with Crippen LogP contribution in [0.5, 0.6) is 0 Å². The first-order valence-corrected chi connectivity index (χ1v) is 6.39. The molecule has 0 aromatic heterocycles. The molecule has 0 aromatic rings. The Labute approximate surface area is 99.0 Å². The van der Waals surface area contributed by atoms with Gasteiger partial charge in [-0.2, -0.15) is 0 Å². The van der Waals surface area contributed by atoms with Gasteiger partial charge in [-0.15, -0.1) is 0 Å². The first kappa shape index (κ1) is 13.9. The highest BCUT2D eigenvalue weighted by Crippen LogP contribution is 2.19. The third-order valence-electron chi connectivity index (χ3n) is 3.46. The number of hydrogen-bond acceptors (Lipinski definition) is 4. The van der Waals surface area contributed by atoms with Gasteiger partial charge in [0.05, 0.1) is 19.8 Å². The Kier molecular flexibility index (Phi) is 6.96. The maximum Gasteiger partial charge on any atom is 0.0698 e. The van der Waals surface area contributed by atoms with Crippen LogP contribution in [0, 0.1) is 0 Å². The van der Waals surface area contributed by atoms with Crippen molar-refractivity contribution in [1.29, 1.82) is 0 Å². The quantitative estimate of drug-likeness (QED) is 0.624. The summed E-state index contributed by atoms with van der Waals surface area (Å²) in [6.07, 6.45) is 3.92. The van der Waals surface area contributed by atoms with Gasteiger partial charge in [0.2, 0.25) is 0 Å². The molecule has 1 rings (SSSR count). The molecule has 2 N–H and O–H groups in total. The van der Waals surface area contributed by atoms with E-state index in [4.69, 9.17) is 9.84 Å². The van der Waals surface area contributed by atoms with Crippen LogP contribution < -0.4 is 5.32 Å². The average Bonchev–Trinajstić information content (AvgIpc) is 2.34. The number of piperidine rings is 1. The lowest BCUT2D eigenvalue weighted by Crippen LogP contribution is -2.51. The highest BCUT2D eigenvalue weighted by molar-refractivity contribution is 4.84. The van der Waals surface area contributed by atoms with Crippen LogP contribution in [-0.4, -0.2) is 62.0 Å². The lowest BCUT2D eigenvalue weighted by Gasteiger charge is -2.39. The maximum absolute atomic E-state index is 8.63. The number of ether oxygens (including phenoxy) is 1. The minimum absolute atomic E-state index is 0.121. The van der Waals surface area contributed by atoms with Crippen LogP contribution >= 0.6 is 0 Å². The predicted molar refractivity (Wildman–Crippen MR) is 65.6 cm³/mol. The van der Waals surface area contributed by atoms with Crippen LogP contribution in [0.25, 0.3) is 0 Å². The van der Waals surface area contributed by atoms with Gasteiger partial charge in [-0.1, -0.05) is 6.42 Å². The number of nitrogens with one attached hydrogen (secondary N) is 1. The monoisotopic (exact) mass is 230 g/mol. The Morgan fingerprint density at radius 1 is 1.44 bits per heavy atom. The van der Waals surface area contributed by atoms with E-state index in [0.717, 1.165) is 13.2 Å². The van der Waals surface area contributed by atoms with E-state index in [9.17, 15) is 0 Å². The zero-order chi connectivity index (χ0) is 11.8. The summed E-state index contributed by atoms with van der Waals surface area (Å²) in [5.41, 5.74) is 0. The normalized spacial score (nSPS) is 24.6. The van der Waals surface area contributed by atoms with Crippen molar-refractivity contribution in [3.05, 3.63) is 0 Å². The number of aliphatic hydroxyl groups excluding tert-OH is 1. The number of likely N-dealkylation sites (N-methyl/N-ethyl adjacent to an activating group) is 1. The van der Waals surface area contributed by atoms with E-state index in [1.807, 2.05) is 7.05 Å². The summed E-state index contributed by atoms with van der Waals surface area (Å²) in [6, 6.07) is 1.18. The highest BCUT2D eigenvalue weighted by Gasteiger charge is 2.25. The molecule has 1 fully saturated rings. The summed E-state index contributed by atoms with van der Waals surface area (Å²) in [4.78, 5) is 2.52. The number of aliphatic hydroxyl groups is 1. The fourth-order valence-electron chi connectivity index (χ4n) is 2.40. The van der Waals surface area contributed by atoms with Crippen molar-refractivity contribution >= 4 is 0 Å². The Morgan fingerprint density at radius 2 is 2.25 bits per heavy atom. The summed E-state index contributed by atoms with van der Waals surface area (Å²) < 4.78 is 5.34. The number of rotatable bonds is 7. The summed E-state index contributed by atoms with van der Waals surface area (Å²) in [5, 5.41) is 12.0. The van der Waals surface area contributed by atoms with Gasteiger partial charge in [0.1, 0.15) is 0 Å². The van der Waals surface area contributed by atoms with E-state index in [-0.39, 0.29) is 6.61 Å². The van der Waals surface area contributed by atoms with E-state index in [1.165, 1.54) is 25.8 Å². The molecule has 4 nitrogen and oxygen atoms in total. The number of likely N-dealkylation sites (tertiary alicyclic amines) is 1. The summed E-state index contributed by atoms with van der Waals surface area (Å²) >= 11 is 0. The molecule has 1 aliphatic heterocycles. The van der Waals surface area contributed by atoms with Crippen LogP contribution in [0.4, 0.5) is 0 Å². The molecular weight excluding hydrogens is 204 g/mol. The van der Waals surface area contributed by atoms with Gasteiger partial charge in [-0.05, 0) is 33.4 Å². The third-order valence-corrected chi connectivity index (χ3v) is 3.46. The minimum atomic E-state index is 0.121. The zero-order valence-electron chi connectivity index (χ0n) is 10.6. The molecule has 0 amide bonds. The zero-order valence-corrected chi connectivity index (χ0v) is 10.6. The van der Waals surface area contributed by atoms with Crippen LogP contribution in [-0.2, 0) is 4.74 Å². The smallest absolute Gasteiger partial charge is 0.0698 e. The van der Waals surface area contributed by atoms with E-state index in [1.54, 1.807) is 0 Å². The van der Waals surface area contributed by atoms with Crippen LogP contribution in [0.1, 0.15) is 26.2 Å². The molecule has 0 spiro atoms. The summed E-state index contributed by atoms with van der Waals surface area (Å²) in [5.74, 6) is 0. The van der Waals surface area contributed by atoms with Gasteiger partial charge in [0.25, 0.3) is 0 Å². The second kappa shape index (κ2) is 8.01. The van der Waals surface area contributed by atoms with Crippen molar-refractivity contribution in [2.75, 3.05) is 40.0 Å². The van der Waals surface area contributed by atoms with Gasteiger partial charge >= 0.3 is 0 Å². The van der Waals surface area contributed by atoms with Gasteiger partial charge in [0.15, 0.2) is 0 Å². The lowest BCUT2D eigenvalue weighted by atomic mass is 9.96. The predicted octanol–water partition coefficient (Wildman–Crippen LogP) is 0.458. The number of hydrogen-bond donors (Lipinski definition) is 2. The van der Waals surface area contributed by atoms with Crippen molar-refractivity contribution in [1.82, 2.24) is 10.2 Å². The molecule has 96 valence electrons. The van der Waals surface area contributed by atoms with Crippen LogP contribution in [0.15, 0.2) is 0 Å². The molecule has 1 aliphatic rings. The molecule has 1 saturated heterocycles. The van der Waals surface area contributed by atoms with Gasteiger partial charge in [-0.3, -0.25) is 4.90 Å². The molecule has 1 heterocycles. The molecule has 0 aromatic carbocycles. The lowest BCUT2D eigenvalue weighted by molar-refractivity contribution is 0.0467. The van der Waals surface area contributed by atoms with Gasteiger partial charge in [-0.25, -0.2) is 0 Å². The SMILES string of the molecule is CNC(C)C1CCCCN1CCOCCO. The third kappa shape index (κ3) is 4.37. The molecule has 0 radical (unpaired) electrons. The molecule has 2 atom stereocenters. The Bertz CT molecular complexity index is 178. The van der Waals surface area contributed by atoms with Crippen LogP contribution in [0.2, 0.25) is 0 Å². The second-order valence-electron chi connectivity index (χ2n) is 4.51. The summed E-state index contributed by atoms with van der Waals surface area (Å²) in [7, 11) is 2.03. The van der Waals surface area contributed by atoms with Crippen molar-refractivity contribution in [2.24, 2.45) is 0 Å². The first-order valence-electron chi connectivity index (χ1n) is 6.39. The molecule has 16 heavy (non-hydrogen) atoms. The fraction of sp³-hybridized carbons (Fsp3) is 1.00. The highest BCUT2D eigenvalue weighted by atomic mass is 16.5. The van der Waals surface area contributed by atoms with Gasteiger partial charge < -0.3 is 15.2 Å². The van der Waals surface area contributed by atoms with E-state index < -0.39 is 0 Å². The van der Waals surface area contributed by atoms with Crippen molar-refractivity contribution in [3.63, 3.8) is 0 Å². The first-order chi connectivity index (χ1) is 7.79.